The molecule has 0 aromatic rings. The molecule has 0 heterocycles. The fourth-order valence-corrected chi connectivity index (χ4v) is 3.40. The highest BCUT2D eigenvalue weighted by molar-refractivity contribution is 7.48. The van der Waals surface area contributed by atoms with Crippen molar-refractivity contribution in [1.29, 1.82) is 0 Å². The molecule has 0 unspecified atom stereocenters. The number of hydrogen-bond donors (Lipinski definition) is 0. The summed E-state index contributed by atoms with van der Waals surface area (Å²) in [5.41, 5.74) is -0.470. The van der Waals surface area contributed by atoms with Crippen LogP contribution in [0.2, 0.25) is 0 Å². The first-order valence-electron chi connectivity index (χ1n) is 7.04. The molecule has 112 valence electrons. The zero-order chi connectivity index (χ0) is 14.4. The Hall–Kier alpha value is -0.220. The molecule has 6 heteroatoms. The first kappa shape index (κ1) is 16.8. The van der Waals surface area contributed by atoms with Gasteiger partial charge in [0.1, 0.15) is 5.78 Å². The Bertz CT molecular complexity index is 326. The molecule has 0 aromatic carbocycles. The smallest absolute Gasteiger partial charge is 0.300 e. The molecule has 1 aliphatic rings. The summed E-state index contributed by atoms with van der Waals surface area (Å²) in [5.74, 6) is 0.119. The molecule has 0 aromatic heterocycles. The van der Waals surface area contributed by atoms with Crippen molar-refractivity contribution in [3.05, 3.63) is 0 Å². The van der Waals surface area contributed by atoms with Gasteiger partial charge in [0.15, 0.2) is 0 Å². The number of phosphoric acid groups is 1. The van der Waals surface area contributed by atoms with E-state index in [1.54, 1.807) is 6.92 Å². The molecule has 0 atom stereocenters. The summed E-state index contributed by atoms with van der Waals surface area (Å²) in [7, 11) is -3.48. The van der Waals surface area contributed by atoms with Gasteiger partial charge in [-0.2, -0.15) is 0 Å². The van der Waals surface area contributed by atoms with Gasteiger partial charge in [0, 0.05) is 6.42 Å². The maximum Gasteiger partial charge on any atom is 0.475 e. The number of ketones is 1. The second-order valence-electron chi connectivity index (χ2n) is 5.09. The highest BCUT2D eigenvalue weighted by Crippen LogP contribution is 2.60. The van der Waals surface area contributed by atoms with Crippen molar-refractivity contribution in [3.63, 3.8) is 0 Å². The van der Waals surface area contributed by atoms with Crippen LogP contribution >= 0.6 is 7.82 Å². The van der Waals surface area contributed by atoms with Gasteiger partial charge >= 0.3 is 7.82 Å². The van der Waals surface area contributed by atoms with Gasteiger partial charge in [-0.3, -0.25) is 13.6 Å². The van der Waals surface area contributed by atoms with Crippen molar-refractivity contribution in [2.75, 3.05) is 13.2 Å². The molecule has 0 aliphatic heterocycles. The Kier molecular flexibility index (Phi) is 6.67. The number of rotatable bonds is 11. The van der Waals surface area contributed by atoms with Gasteiger partial charge in [0.25, 0.3) is 0 Å². The molecule has 0 spiro atoms. The van der Waals surface area contributed by atoms with Crippen LogP contribution in [0.4, 0.5) is 0 Å². The fourth-order valence-electron chi connectivity index (χ4n) is 1.66. The van der Waals surface area contributed by atoms with E-state index < -0.39 is 13.4 Å². The molecule has 0 radical (unpaired) electrons. The third kappa shape index (κ3) is 6.17. The minimum absolute atomic E-state index is 0.119. The number of carbonyl (C=O) groups is 1. The predicted octanol–water partition coefficient (Wildman–Crippen LogP) is 3.87. The van der Waals surface area contributed by atoms with Crippen LogP contribution in [0.5, 0.6) is 0 Å². The van der Waals surface area contributed by atoms with Crippen molar-refractivity contribution in [1.82, 2.24) is 0 Å². The standard InChI is InChI=1S/C13H25O5P/c1-4-10-16-19(15,17-11-5-2)18-13(8-9-13)7-6-12(3)14/h4-11H2,1-3H3. The van der Waals surface area contributed by atoms with Crippen LogP contribution in [0.15, 0.2) is 0 Å². The summed E-state index contributed by atoms with van der Waals surface area (Å²) >= 11 is 0. The van der Waals surface area contributed by atoms with E-state index in [0.717, 1.165) is 25.7 Å². The highest BCUT2D eigenvalue weighted by atomic mass is 31.2. The Morgan fingerprint density at radius 3 is 2.05 bits per heavy atom. The first-order chi connectivity index (χ1) is 8.95. The van der Waals surface area contributed by atoms with Crippen LogP contribution in [0.3, 0.4) is 0 Å². The van der Waals surface area contributed by atoms with Crippen LogP contribution in [0, 0.1) is 0 Å². The van der Waals surface area contributed by atoms with Gasteiger partial charge in [0.05, 0.1) is 18.8 Å². The molecule has 1 fully saturated rings. The van der Waals surface area contributed by atoms with Crippen LogP contribution in [-0.4, -0.2) is 24.6 Å². The molecule has 0 amide bonds. The quantitative estimate of drug-likeness (QED) is 0.541. The van der Waals surface area contributed by atoms with E-state index in [1.165, 1.54) is 0 Å². The molecule has 0 bridgehead atoms. The van der Waals surface area contributed by atoms with Crippen LogP contribution in [0.25, 0.3) is 0 Å². The van der Waals surface area contributed by atoms with Crippen molar-refractivity contribution in [2.24, 2.45) is 0 Å². The van der Waals surface area contributed by atoms with Gasteiger partial charge < -0.3 is 4.79 Å². The Labute approximate surface area is 115 Å². The van der Waals surface area contributed by atoms with Crippen LogP contribution in [0.1, 0.15) is 59.3 Å². The number of hydrogen-bond acceptors (Lipinski definition) is 5. The third-order valence-electron chi connectivity index (χ3n) is 2.95. The van der Waals surface area contributed by atoms with Crippen molar-refractivity contribution in [3.8, 4) is 0 Å². The fraction of sp³-hybridized carbons (Fsp3) is 0.923. The second kappa shape index (κ2) is 7.53. The molecule has 1 aliphatic carbocycles. The lowest BCUT2D eigenvalue weighted by Crippen LogP contribution is -2.16. The zero-order valence-electron chi connectivity index (χ0n) is 12.1. The van der Waals surface area contributed by atoms with E-state index >= 15 is 0 Å². The molecule has 1 rings (SSSR count). The lowest BCUT2D eigenvalue weighted by molar-refractivity contribution is -0.117. The number of carbonyl (C=O) groups excluding carboxylic acids is 1. The summed E-state index contributed by atoms with van der Waals surface area (Å²) in [6.45, 7) is 6.13. The van der Waals surface area contributed by atoms with Crippen molar-refractivity contribution < 1.29 is 22.9 Å². The van der Waals surface area contributed by atoms with E-state index in [2.05, 4.69) is 0 Å². The van der Waals surface area contributed by atoms with Gasteiger partial charge in [-0.1, -0.05) is 13.8 Å². The Morgan fingerprint density at radius 2 is 1.68 bits per heavy atom. The minimum atomic E-state index is -3.48. The van der Waals surface area contributed by atoms with E-state index in [1.807, 2.05) is 13.8 Å². The van der Waals surface area contributed by atoms with E-state index in [0.29, 0.717) is 26.1 Å². The minimum Gasteiger partial charge on any atom is -0.300 e. The van der Waals surface area contributed by atoms with Gasteiger partial charge in [-0.05, 0) is 39.0 Å². The first-order valence-corrected chi connectivity index (χ1v) is 8.50. The molecule has 0 N–H and O–H groups in total. The largest absolute Gasteiger partial charge is 0.475 e. The van der Waals surface area contributed by atoms with Gasteiger partial charge in [-0.25, -0.2) is 4.57 Å². The Morgan fingerprint density at radius 1 is 1.16 bits per heavy atom. The number of Topliss-reactive ketones (excluding diaryl/α,β-unsaturated/α-hetero) is 1. The highest BCUT2D eigenvalue weighted by Gasteiger charge is 2.50. The molecular weight excluding hydrogens is 267 g/mol. The molecule has 19 heavy (non-hydrogen) atoms. The summed E-state index contributed by atoms with van der Waals surface area (Å²) in [6, 6.07) is 0. The summed E-state index contributed by atoms with van der Waals surface area (Å²) in [4.78, 5) is 11.0. The molecule has 1 saturated carbocycles. The summed E-state index contributed by atoms with van der Waals surface area (Å²) in [6.07, 6.45) is 4.18. The lowest BCUT2D eigenvalue weighted by atomic mass is 10.1. The zero-order valence-corrected chi connectivity index (χ0v) is 13.0. The van der Waals surface area contributed by atoms with Gasteiger partial charge in [-0.15, -0.1) is 0 Å². The van der Waals surface area contributed by atoms with E-state index in [9.17, 15) is 9.36 Å². The topological polar surface area (TPSA) is 61.8 Å². The van der Waals surface area contributed by atoms with Crippen molar-refractivity contribution >= 4 is 13.6 Å². The van der Waals surface area contributed by atoms with Crippen molar-refractivity contribution in [2.45, 2.75) is 64.9 Å². The Balaban J connectivity index is 2.55. The maximum absolute atomic E-state index is 12.5. The SMILES string of the molecule is CCCOP(=O)(OCCC)OC1(CCC(C)=O)CC1. The summed E-state index contributed by atoms with van der Waals surface area (Å²) < 4.78 is 28.7. The van der Waals surface area contributed by atoms with E-state index in [4.69, 9.17) is 13.6 Å². The monoisotopic (exact) mass is 292 g/mol. The second-order valence-corrected chi connectivity index (χ2v) is 6.68. The molecule has 0 saturated heterocycles. The van der Waals surface area contributed by atoms with Gasteiger partial charge in [0.2, 0.25) is 0 Å². The number of phosphoric ester groups is 1. The summed E-state index contributed by atoms with van der Waals surface area (Å²) in [5, 5.41) is 0. The normalized spacial score (nSPS) is 17.4. The van der Waals surface area contributed by atoms with Crippen LogP contribution < -0.4 is 0 Å². The average Bonchev–Trinajstić information content (AvgIpc) is 3.12. The third-order valence-corrected chi connectivity index (χ3v) is 4.56. The van der Waals surface area contributed by atoms with Crippen LogP contribution in [-0.2, 0) is 22.9 Å². The average molecular weight is 292 g/mol. The van der Waals surface area contributed by atoms with E-state index in [-0.39, 0.29) is 5.78 Å². The predicted molar refractivity (Wildman–Crippen MR) is 73.1 cm³/mol. The molecule has 5 nitrogen and oxygen atoms in total. The lowest BCUT2D eigenvalue weighted by Gasteiger charge is -2.23. The molecular formula is C13H25O5P. The maximum atomic E-state index is 12.5.